The van der Waals surface area contributed by atoms with Crippen molar-refractivity contribution in [2.45, 2.75) is 12.5 Å². The van der Waals surface area contributed by atoms with E-state index in [-0.39, 0.29) is 12.5 Å². The summed E-state index contributed by atoms with van der Waals surface area (Å²) in [7, 11) is 1.54. The molecule has 1 amide bonds. The Hall–Kier alpha value is -2.17. The van der Waals surface area contributed by atoms with Crippen LogP contribution >= 0.6 is 0 Å². The summed E-state index contributed by atoms with van der Waals surface area (Å²) in [5, 5.41) is 12.3. The zero-order valence-electron chi connectivity index (χ0n) is 12.7. The Labute approximate surface area is 130 Å². The molecule has 0 fully saturated rings. The van der Waals surface area contributed by atoms with Gasteiger partial charge in [0.2, 0.25) is 0 Å². The van der Waals surface area contributed by atoms with E-state index in [0.717, 1.165) is 11.1 Å². The van der Waals surface area contributed by atoms with Gasteiger partial charge < -0.3 is 15.2 Å². The summed E-state index contributed by atoms with van der Waals surface area (Å²) in [6, 6.07) is 17.5. The quantitative estimate of drug-likeness (QED) is 0.826. The van der Waals surface area contributed by atoms with Crippen LogP contribution in [0.2, 0.25) is 0 Å². The fraction of sp³-hybridized carbons (Fsp3) is 0.278. The maximum Gasteiger partial charge on any atom is 0.251 e. The molecule has 0 spiro atoms. The van der Waals surface area contributed by atoms with Gasteiger partial charge in [0.15, 0.2) is 0 Å². The Morgan fingerprint density at radius 3 is 2.36 bits per heavy atom. The van der Waals surface area contributed by atoms with Crippen LogP contribution in [0, 0.1) is 0 Å². The lowest BCUT2D eigenvalue weighted by molar-refractivity contribution is 0.0587. The van der Waals surface area contributed by atoms with Gasteiger partial charge in [-0.2, -0.15) is 0 Å². The van der Waals surface area contributed by atoms with Gasteiger partial charge in [0.25, 0.3) is 5.91 Å². The van der Waals surface area contributed by atoms with Crippen LogP contribution in [0.25, 0.3) is 11.1 Å². The molecule has 0 aromatic heterocycles. The van der Waals surface area contributed by atoms with Gasteiger partial charge in [-0.25, -0.2) is 0 Å². The van der Waals surface area contributed by atoms with E-state index >= 15 is 0 Å². The van der Waals surface area contributed by atoms with Crippen molar-refractivity contribution < 1.29 is 14.6 Å². The molecule has 0 radical (unpaired) electrons. The summed E-state index contributed by atoms with van der Waals surface area (Å²) in [5.74, 6) is -0.135. The Morgan fingerprint density at radius 1 is 1.09 bits per heavy atom. The van der Waals surface area contributed by atoms with Gasteiger partial charge in [-0.1, -0.05) is 42.5 Å². The molecule has 0 saturated carbocycles. The topological polar surface area (TPSA) is 58.6 Å². The third-order valence-corrected chi connectivity index (χ3v) is 3.38. The van der Waals surface area contributed by atoms with Crippen molar-refractivity contribution in [1.82, 2.24) is 5.32 Å². The third-order valence-electron chi connectivity index (χ3n) is 3.38. The molecule has 4 nitrogen and oxygen atoms in total. The first kappa shape index (κ1) is 16.2. The molecular formula is C18H21NO3. The number of methoxy groups -OCH3 is 1. The number of carbonyl (C=O) groups is 1. The predicted octanol–water partition coefficient (Wildman–Crippen LogP) is 2.48. The highest BCUT2D eigenvalue weighted by Crippen LogP contribution is 2.19. The van der Waals surface area contributed by atoms with E-state index in [1.54, 1.807) is 0 Å². The van der Waals surface area contributed by atoms with Crippen LogP contribution in [-0.2, 0) is 4.74 Å². The fourth-order valence-electron chi connectivity index (χ4n) is 2.17. The summed E-state index contributed by atoms with van der Waals surface area (Å²) in [5.41, 5.74) is 2.81. The summed E-state index contributed by atoms with van der Waals surface area (Å²) in [4.78, 5) is 12.0. The van der Waals surface area contributed by atoms with E-state index in [0.29, 0.717) is 18.5 Å². The van der Waals surface area contributed by atoms with E-state index in [9.17, 15) is 9.90 Å². The van der Waals surface area contributed by atoms with Crippen LogP contribution in [0.15, 0.2) is 54.6 Å². The van der Waals surface area contributed by atoms with Crippen LogP contribution in [-0.4, -0.2) is 37.4 Å². The molecule has 2 N–H and O–H groups in total. The second kappa shape index (κ2) is 8.32. The molecule has 0 aliphatic rings. The summed E-state index contributed by atoms with van der Waals surface area (Å²) < 4.78 is 4.84. The van der Waals surface area contributed by atoms with Crippen molar-refractivity contribution >= 4 is 5.91 Å². The monoisotopic (exact) mass is 299 g/mol. The first-order valence-corrected chi connectivity index (χ1v) is 7.31. The van der Waals surface area contributed by atoms with Gasteiger partial charge in [0.1, 0.15) is 0 Å². The highest BCUT2D eigenvalue weighted by molar-refractivity contribution is 5.94. The minimum Gasteiger partial charge on any atom is -0.391 e. The van der Waals surface area contributed by atoms with E-state index < -0.39 is 6.10 Å². The number of ether oxygens (including phenoxy) is 1. The standard InChI is InChI=1S/C18H21NO3/c1-22-13-17(20)11-12-19-18(21)16-9-7-15(8-10-16)14-5-3-2-4-6-14/h2-10,17,20H,11-13H2,1H3,(H,19,21). The Morgan fingerprint density at radius 2 is 1.73 bits per heavy atom. The van der Waals surface area contributed by atoms with Crippen LogP contribution in [0.1, 0.15) is 16.8 Å². The van der Waals surface area contributed by atoms with Gasteiger partial charge in [-0.3, -0.25) is 4.79 Å². The Bertz CT molecular complexity index is 581. The van der Waals surface area contributed by atoms with Gasteiger partial charge >= 0.3 is 0 Å². The predicted molar refractivity (Wildman–Crippen MR) is 86.7 cm³/mol. The first-order chi connectivity index (χ1) is 10.7. The lowest BCUT2D eigenvalue weighted by Gasteiger charge is -2.10. The first-order valence-electron chi connectivity index (χ1n) is 7.31. The lowest BCUT2D eigenvalue weighted by Crippen LogP contribution is -2.28. The van der Waals surface area contributed by atoms with Crippen molar-refractivity contribution in [3.63, 3.8) is 0 Å². The fourth-order valence-corrected chi connectivity index (χ4v) is 2.17. The van der Waals surface area contributed by atoms with Crippen LogP contribution in [0.5, 0.6) is 0 Å². The molecule has 0 heterocycles. The molecule has 2 aromatic rings. The largest absolute Gasteiger partial charge is 0.391 e. The van der Waals surface area contributed by atoms with Crippen molar-refractivity contribution in [1.29, 1.82) is 0 Å². The molecular weight excluding hydrogens is 278 g/mol. The number of benzene rings is 2. The zero-order chi connectivity index (χ0) is 15.8. The minimum absolute atomic E-state index is 0.135. The molecule has 0 bridgehead atoms. The normalized spacial score (nSPS) is 11.9. The smallest absolute Gasteiger partial charge is 0.251 e. The van der Waals surface area contributed by atoms with Crippen LogP contribution in [0.4, 0.5) is 0 Å². The number of hydrogen-bond donors (Lipinski definition) is 2. The molecule has 0 aliphatic heterocycles. The SMILES string of the molecule is COCC(O)CCNC(=O)c1ccc(-c2ccccc2)cc1. The third kappa shape index (κ3) is 4.69. The number of aliphatic hydroxyl groups excluding tert-OH is 1. The number of nitrogens with one attached hydrogen (secondary N) is 1. The zero-order valence-corrected chi connectivity index (χ0v) is 12.7. The molecule has 1 atom stereocenters. The average molecular weight is 299 g/mol. The highest BCUT2D eigenvalue weighted by atomic mass is 16.5. The molecule has 2 aromatic carbocycles. The van der Waals surface area contributed by atoms with E-state index in [1.165, 1.54) is 7.11 Å². The van der Waals surface area contributed by atoms with Crippen LogP contribution in [0.3, 0.4) is 0 Å². The van der Waals surface area contributed by atoms with E-state index in [4.69, 9.17) is 4.74 Å². The average Bonchev–Trinajstić information content (AvgIpc) is 2.56. The number of aliphatic hydroxyl groups is 1. The van der Waals surface area contributed by atoms with Crippen molar-refractivity contribution in [3.8, 4) is 11.1 Å². The second-order valence-electron chi connectivity index (χ2n) is 5.10. The molecule has 2 rings (SSSR count). The maximum atomic E-state index is 12.0. The Balaban J connectivity index is 1.89. The molecule has 1 unspecified atom stereocenters. The second-order valence-corrected chi connectivity index (χ2v) is 5.10. The van der Waals surface area contributed by atoms with E-state index in [1.807, 2.05) is 54.6 Å². The molecule has 4 heteroatoms. The minimum atomic E-state index is -0.550. The highest BCUT2D eigenvalue weighted by Gasteiger charge is 2.07. The maximum absolute atomic E-state index is 12.0. The van der Waals surface area contributed by atoms with Crippen molar-refractivity contribution in [3.05, 3.63) is 60.2 Å². The lowest BCUT2D eigenvalue weighted by atomic mass is 10.0. The Kier molecular flexibility index (Phi) is 6.13. The number of hydrogen-bond acceptors (Lipinski definition) is 3. The van der Waals surface area contributed by atoms with Crippen molar-refractivity contribution in [2.24, 2.45) is 0 Å². The van der Waals surface area contributed by atoms with Crippen molar-refractivity contribution in [2.75, 3.05) is 20.3 Å². The molecule has 0 saturated heterocycles. The van der Waals surface area contributed by atoms with Gasteiger partial charge in [-0.05, 0) is 29.7 Å². The van der Waals surface area contributed by atoms with Crippen LogP contribution < -0.4 is 5.32 Å². The summed E-state index contributed by atoms with van der Waals surface area (Å²) in [6.45, 7) is 0.700. The molecule has 0 aliphatic carbocycles. The number of rotatable bonds is 7. The number of amides is 1. The number of carbonyl (C=O) groups excluding carboxylic acids is 1. The molecule has 22 heavy (non-hydrogen) atoms. The van der Waals surface area contributed by atoms with Gasteiger partial charge in [0.05, 0.1) is 12.7 Å². The summed E-state index contributed by atoms with van der Waals surface area (Å²) >= 11 is 0. The molecule has 116 valence electrons. The van der Waals surface area contributed by atoms with Gasteiger partial charge in [-0.15, -0.1) is 0 Å². The van der Waals surface area contributed by atoms with Gasteiger partial charge in [0, 0.05) is 19.2 Å². The van der Waals surface area contributed by atoms with E-state index in [2.05, 4.69) is 5.32 Å². The summed E-state index contributed by atoms with van der Waals surface area (Å²) in [6.07, 6.45) is -0.0763.